The summed E-state index contributed by atoms with van der Waals surface area (Å²) in [5, 5.41) is 11.3. The monoisotopic (exact) mass is 761 g/mol. The summed E-state index contributed by atoms with van der Waals surface area (Å²) in [6.45, 7) is 0. The minimum atomic E-state index is -5.12. The SMILES string of the molecule is COC(=O)C(Cc1cc(I)c(Oc2ccc(O)c(I)c2)c(I)c1)NC(=O)C(F)(F)F. The molecule has 2 rings (SSSR count). The molecule has 1 amide bonds. The molecular weight excluding hydrogens is 748 g/mol. The van der Waals surface area contributed by atoms with Gasteiger partial charge in [-0.25, -0.2) is 4.79 Å². The highest BCUT2D eigenvalue weighted by Gasteiger charge is 2.41. The smallest absolute Gasteiger partial charge is 0.471 e. The van der Waals surface area contributed by atoms with E-state index >= 15 is 0 Å². The summed E-state index contributed by atoms with van der Waals surface area (Å²) in [4.78, 5) is 23.1. The second-order valence-corrected chi connectivity index (χ2v) is 9.34. The number of alkyl halides is 3. The molecule has 0 aliphatic rings. The normalized spacial score (nSPS) is 12.2. The number of phenolic OH excluding ortho intramolecular Hbond substituents is 1. The fourth-order valence-corrected chi connectivity index (χ4v) is 4.91. The van der Waals surface area contributed by atoms with Crippen molar-refractivity contribution in [3.63, 3.8) is 0 Å². The van der Waals surface area contributed by atoms with Gasteiger partial charge in [0.15, 0.2) is 5.75 Å². The van der Waals surface area contributed by atoms with Gasteiger partial charge in [0.25, 0.3) is 0 Å². The average molecular weight is 761 g/mol. The van der Waals surface area contributed by atoms with Crippen molar-refractivity contribution in [2.75, 3.05) is 7.11 Å². The number of hydrogen-bond donors (Lipinski definition) is 2. The van der Waals surface area contributed by atoms with E-state index < -0.39 is 24.1 Å². The summed E-state index contributed by atoms with van der Waals surface area (Å²) >= 11 is 5.96. The van der Waals surface area contributed by atoms with Crippen LogP contribution in [0.25, 0.3) is 0 Å². The highest BCUT2D eigenvalue weighted by molar-refractivity contribution is 14.1. The van der Waals surface area contributed by atoms with Crippen LogP contribution in [0.4, 0.5) is 13.2 Å². The van der Waals surface area contributed by atoms with E-state index in [1.165, 1.54) is 6.07 Å². The summed E-state index contributed by atoms with van der Waals surface area (Å²) in [6, 6.07) is 6.52. The van der Waals surface area contributed by atoms with E-state index in [-0.39, 0.29) is 12.2 Å². The van der Waals surface area contributed by atoms with Crippen molar-refractivity contribution in [1.82, 2.24) is 5.32 Å². The number of hydrogen-bond acceptors (Lipinski definition) is 5. The number of phenols is 1. The number of esters is 1. The van der Waals surface area contributed by atoms with Gasteiger partial charge in [-0.1, -0.05) is 0 Å². The summed E-state index contributed by atoms with van der Waals surface area (Å²) < 4.78 is 49.9. The van der Waals surface area contributed by atoms with E-state index in [1.54, 1.807) is 29.6 Å². The van der Waals surface area contributed by atoms with Gasteiger partial charge < -0.3 is 19.9 Å². The van der Waals surface area contributed by atoms with E-state index in [9.17, 15) is 27.9 Å². The number of methoxy groups -OCH3 is 1. The van der Waals surface area contributed by atoms with Crippen LogP contribution in [0, 0.1) is 10.7 Å². The molecule has 0 aliphatic heterocycles. The van der Waals surface area contributed by atoms with Gasteiger partial charge in [0.2, 0.25) is 0 Å². The minimum Gasteiger partial charge on any atom is -0.507 e. The Labute approximate surface area is 210 Å². The van der Waals surface area contributed by atoms with Crippen LogP contribution in [-0.2, 0) is 20.7 Å². The maximum atomic E-state index is 12.6. The third kappa shape index (κ3) is 6.73. The van der Waals surface area contributed by atoms with Crippen LogP contribution in [0.1, 0.15) is 5.56 Å². The quantitative estimate of drug-likeness (QED) is 0.328. The summed E-state index contributed by atoms with van der Waals surface area (Å²) in [5.41, 5.74) is 0.509. The van der Waals surface area contributed by atoms with Crippen LogP contribution in [0.15, 0.2) is 30.3 Å². The molecule has 0 aromatic heterocycles. The first-order valence-electron chi connectivity index (χ1n) is 8.02. The van der Waals surface area contributed by atoms with Crippen molar-refractivity contribution in [3.8, 4) is 17.2 Å². The predicted molar refractivity (Wildman–Crippen MR) is 126 cm³/mol. The van der Waals surface area contributed by atoms with Crippen molar-refractivity contribution in [2.45, 2.75) is 18.6 Å². The first kappa shape index (κ1) is 25.2. The van der Waals surface area contributed by atoms with Crippen molar-refractivity contribution in [1.29, 1.82) is 0 Å². The van der Waals surface area contributed by atoms with E-state index in [4.69, 9.17) is 4.74 Å². The van der Waals surface area contributed by atoms with Gasteiger partial charge in [-0.05, 0) is 104 Å². The lowest BCUT2D eigenvalue weighted by atomic mass is 10.1. The number of benzene rings is 2. The third-order valence-corrected chi connectivity index (χ3v) is 6.15. The maximum Gasteiger partial charge on any atom is 0.471 e. The Kier molecular flexibility index (Phi) is 8.84. The number of ether oxygens (including phenoxy) is 2. The molecule has 0 heterocycles. The predicted octanol–water partition coefficient (Wildman–Crippen LogP) is 4.76. The molecule has 0 saturated carbocycles. The molecule has 0 saturated heterocycles. The molecule has 2 N–H and O–H groups in total. The van der Waals surface area contributed by atoms with Crippen LogP contribution in [0.5, 0.6) is 17.2 Å². The van der Waals surface area contributed by atoms with Gasteiger partial charge in [0.05, 0.1) is 17.8 Å². The second-order valence-electron chi connectivity index (χ2n) is 5.85. The van der Waals surface area contributed by atoms with Crippen molar-refractivity contribution in [2.24, 2.45) is 0 Å². The number of carbonyl (C=O) groups is 2. The van der Waals surface area contributed by atoms with Crippen molar-refractivity contribution >= 4 is 79.6 Å². The van der Waals surface area contributed by atoms with Crippen LogP contribution in [-0.4, -0.2) is 36.3 Å². The highest BCUT2D eigenvalue weighted by atomic mass is 127. The Morgan fingerprint density at radius 2 is 1.70 bits per heavy atom. The lowest BCUT2D eigenvalue weighted by Gasteiger charge is -2.19. The molecule has 12 heteroatoms. The second kappa shape index (κ2) is 10.5. The fraction of sp³-hybridized carbons (Fsp3) is 0.222. The standard InChI is InChI=1S/C18H13F3I3NO5/c1-29-16(27)13(25-17(28)18(19,20)21)6-8-4-11(23)15(12(24)5-8)30-9-2-3-14(26)10(22)7-9/h2-5,7,13,26H,6H2,1H3,(H,25,28). The Morgan fingerprint density at radius 1 is 1.10 bits per heavy atom. The van der Waals surface area contributed by atoms with E-state index in [2.05, 4.69) is 4.74 Å². The topological polar surface area (TPSA) is 84.9 Å². The molecule has 0 radical (unpaired) electrons. The number of halogens is 6. The number of carbonyl (C=O) groups excluding carboxylic acids is 2. The van der Waals surface area contributed by atoms with Gasteiger partial charge in [-0.3, -0.25) is 4.79 Å². The minimum absolute atomic E-state index is 0.123. The lowest BCUT2D eigenvalue weighted by Crippen LogP contribution is -2.48. The molecule has 0 fully saturated rings. The molecule has 2 aromatic rings. The lowest BCUT2D eigenvalue weighted by molar-refractivity contribution is -0.175. The average Bonchev–Trinajstić information content (AvgIpc) is 2.65. The fourth-order valence-electron chi connectivity index (χ4n) is 2.31. The Morgan fingerprint density at radius 3 is 2.20 bits per heavy atom. The first-order chi connectivity index (χ1) is 13.9. The van der Waals surface area contributed by atoms with E-state index in [0.717, 1.165) is 7.11 Å². The number of nitrogens with one attached hydrogen (secondary N) is 1. The van der Waals surface area contributed by atoms with Gasteiger partial charge >= 0.3 is 18.1 Å². The zero-order valence-corrected chi connectivity index (χ0v) is 21.5. The molecular formula is C18H13F3I3NO5. The number of aromatic hydroxyl groups is 1. The molecule has 30 heavy (non-hydrogen) atoms. The Bertz CT molecular complexity index is 946. The van der Waals surface area contributed by atoms with Gasteiger partial charge in [0.1, 0.15) is 17.5 Å². The van der Waals surface area contributed by atoms with E-state index in [0.29, 0.717) is 27.8 Å². The zero-order valence-electron chi connectivity index (χ0n) is 15.0. The molecule has 1 unspecified atom stereocenters. The first-order valence-corrected chi connectivity index (χ1v) is 11.3. The molecule has 6 nitrogen and oxygen atoms in total. The zero-order chi connectivity index (χ0) is 22.6. The molecule has 2 aromatic carbocycles. The van der Waals surface area contributed by atoms with Crippen LogP contribution in [0.3, 0.4) is 0 Å². The third-order valence-electron chi connectivity index (χ3n) is 3.69. The Balaban J connectivity index is 2.26. The molecule has 0 spiro atoms. The van der Waals surface area contributed by atoms with Gasteiger partial charge in [-0.2, -0.15) is 13.2 Å². The maximum absolute atomic E-state index is 12.6. The van der Waals surface area contributed by atoms with E-state index in [1.807, 2.05) is 67.8 Å². The molecule has 0 bridgehead atoms. The summed E-state index contributed by atoms with van der Waals surface area (Å²) in [5.74, 6) is -2.08. The van der Waals surface area contributed by atoms with Crippen molar-refractivity contribution in [3.05, 3.63) is 46.6 Å². The van der Waals surface area contributed by atoms with Gasteiger partial charge in [0, 0.05) is 6.42 Å². The van der Waals surface area contributed by atoms with Crippen molar-refractivity contribution < 1.29 is 37.3 Å². The molecule has 0 aliphatic carbocycles. The van der Waals surface area contributed by atoms with Crippen LogP contribution < -0.4 is 10.1 Å². The van der Waals surface area contributed by atoms with Crippen LogP contribution >= 0.6 is 67.8 Å². The summed E-state index contributed by atoms with van der Waals surface area (Å²) in [6.07, 6.45) is -5.31. The highest BCUT2D eigenvalue weighted by Crippen LogP contribution is 2.35. The summed E-state index contributed by atoms with van der Waals surface area (Å²) in [7, 11) is 1.03. The number of rotatable bonds is 6. The number of amides is 1. The van der Waals surface area contributed by atoms with Crippen LogP contribution in [0.2, 0.25) is 0 Å². The molecule has 162 valence electrons. The Hall–Kier alpha value is -1.04. The van der Waals surface area contributed by atoms with Gasteiger partial charge in [-0.15, -0.1) is 0 Å². The molecule has 1 atom stereocenters. The largest absolute Gasteiger partial charge is 0.507 e.